The van der Waals surface area contributed by atoms with E-state index < -0.39 is 0 Å². The fourth-order valence-electron chi connectivity index (χ4n) is 1.64. The van der Waals surface area contributed by atoms with Gasteiger partial charge in [-0.05, 0) is 31.2 Å². The van der Waals surface area contributed by atoms with E-state index in [1.165, 1.54) is 0 Å². The molecule has 0 N–H and O–H groups in total. The van der Waals surface area contributed by atoms with Crippen LogP contribution in [-0.2, 0) is 0 Å². The molecule has 86 valence electrons. The summed E-state index contributed by atoms with van der Waals surface area (Å²) in [5, 5.41) is 0. The molecule has 0 aliphatic carbocycles. The molecule has 0 atom stereocenters. The normalized spacial score (nSPS) is 10.0. The van der Waals surface area contributed by atoms with Crippen molar-refractivity contribution < 1.29 is 4.79 Å². The number of rotatable bonds is 2. The Morgan fingerprint density at radius 2 is 2.06 bits per heavy atom. The van der Waals surface area contributed by atoms with Crippen LogP contribution < -0.4 is 4.90 Å². The quantitative estimate of drug-likeness (QED) is 0.788. The number of nitrogens with zero attached hydrogens (tertiary/aromatic N) is 2. The molecule has 2 rings (SSSR count). The van der Waals surface area contributed by atoms with Crippen molar-refractivity contribution in [3.05, 3.63) is 59.9 Å². The monoisotopic (exact) mass is 226 g/mol. The van der Waals surface area contributed by atoms with E-state index in [-0.39, 0.29) is 5.91 Å². The fraction of sp³-hybridized carbons (Fsp3) is 0.143. The lowest BCUT2D eigenvalue weighted by molar-refractivity contribution is 0.0993. The van der Waals surface area contributed by atoms with Crippen molar-refractivity contribution in [2.45, 2.75) is 6.92 Å². The molecule has 17 heavy (non-hydrogen) atoms. The Labute approximate surface area is 101 Å². The number of hydrogen-bond acceptors (Lipinski definition) is 2. The van der Waals surface area contributed by atoms with Gasteiger partial charge in [-0.15, -0.1) is 0 Å². The summed E-state index contributed by atoms with van der Waals surface area (Å²) in [4.78, 5) is 17.8. The molecule has 0 unspecified atom stereocenters. The molecule has 0 spiro atoms. The molecule has 0 fully saturated rings. The molecule has 0 bridgehead atoms. The first kappa shape index (κ1) is 11.3. The van der Waals surface area contributed by atoms with Crippen LogP contribution in [0.5, 0.6) is 0 Å². The minimum Gasteiger partial charge on any atom is -0.310 e. The van der Waals surface area contributed by atoms with E-state index in [9.17, 15) is 4.79 Å². The molecule has 1 heterocycles. The number of aryl methyl sites for hydroxylation is 1. The number of benzene rings is 1. The zero-order valence-electron chi connectivity index (χ0n) is 9.92. The van der Waals surface area contributed by atoms with Crippen LogP contribution in [0.25, 0.3) is 0 Å². The minimum atomic E-state index is -0.0262. The van der Waals surface area contributed by atoms with Crippen molar-refractivity contribution in [2.75, 3.05) is 11.9 Å². The first-order valence-electron chi connectivity index (χ1n) is 5.43. The SMILES string of the molecule is Cc1cccc(C(=O)N(C)c2cccnc2)c1. The first-order chi connectivity index (χ1) is 8.18. The molecule has 0 saturated heterocycles. The van der Waals surface area contributed by atoms with Crippen molar-refractivity contribution >= 4 is 11.6 Å². The van der Waals surface area contributed by atoms with Gasteiger partial charge in [0, 0.05) is 18.8 Å². The average Bonchev–Trinajstić information content (AvgIpc) is 2.38. The van der Waals surface area contributed by atoms with Gasteiger partial charge in [0.2, 0.25) is 0 Å². The van der Waals surface area contributed by atoms with E-state index in [1.807, 2.05) is 43.3 Å². The van der Waals surface area contributed by atoms with Gasteiger partial charge in [0.05, 0.1) is 11.9 Å². The lowest BCUT2D eigenvalue weighted by Crippen LogP contribution is -2.26. The second-order valence-electron chi connectivity index (χ2n) is 3.94. The molecule has 0 radical (unpaired) electrons. The van der Waals surface area contributed by atoms with Crippen LogP contribution in [0.1, 0.15) is 15.9 Å². The van der Waals surface area contributed by atoms with Gasteiger partial charge in [0.15, 0.2) is 0 Å². The molecular weight excluding hydrogens is 212 g/mol. The highest BCUT2D eigenvalue weighted by molar-refractivity contribution is 6.05. The number of anilines is 1. The molecule has 3 nitrogen and oxygen atoms in total. The van der Waals surface area contributed by atoms with Crippen molar-refractivity contribution in [3.8, 4) is 0 Å². The number of carbonyl (C=O) groups is 1. The number of aromatic nitrogens is 1. The van der Waals surface area contributed by atoms with Crippen LogP contribution >= 0.6 is 0 Å². The molecule has 0 saturated carbocycles. The Morgan fingerprint density at radius 1 is 1.24 bits per heavy atom. The molecule has 3 heteroatoms. The first-order valence-corrected chi connectivity index (χ1v) is 5.43. The van der Waals surface area contributed by atoms with E-state index in [0.29, 0.717) is 5.56 Å². The van der Waals surface area contributed by atoms with E-state index >= 15 is 0 Å². The van der Waals surface area contributed by atoms with E-state index in [0.717, 1.165) is 11.3 Å². The van der Waals surface area contributed by atoms with Crippen LogP contribution in [-0.4, -0.2) is 17.9 Å². The molecule has 0 aliphatic heterocycles. The maximum absolute atomic E-state index is 12.2. The molecule has 1 aromatic heterocycles. The van der Waals surface area contributed by atoms with E-state index in [2.05, 4.69) is 4.98 Å². The third-order valence-corrected chi connectivity index (χ3v) is 2.60. The zero-order chi connectivity index (χ0) is 12.3. The molecule has 0 aliphatic rings. The van der Waals surface area contributed by atoms with E-state index in [4.69, 9.17) is 0 Å². The fourth-order valence-corrected chi connectivity index (χ4v) is 1.64. The summed E-state index contributed by atoms with van der Waals surface area (Å²) in [6, 6.07) is 11.2. The second kappa shape index (κ2) is 4.78. The number of carbonyl (C=O) groups excluding carboxylic acids is 1. The van der Waals surface area contributed by atoms with Gasteiger partial charge >= 0.3 is 0 Å². The molecular formula is C14H14N2O. The van der Waals surface area contributed by atoms with Gasteiger partial charge in [-0.3, -0.25) is 9.78 Å². The van der Waals surface area contributed by atoms with Crippen LogP contribution in [0.15, 0.2) is 48.8 Å². The van der Waals surface area contributed by atoms with Gasteiger partial charge in [-0.1, -0.05) is 17.7 Å². The van der Waals surface area contributed by atoms with Gasteiger partial charge in [-0.2, -0.15) is 0 Å². The lowest BCUT2D eigenvalue weighted by atomic mass is 10.1. The Morgan fingerprint density at radius 3 is 2.71 bits per heavy atom. The van der Waals surface area contributed by atoms with Crippen molar-refractivity contribution in [1.29, 1.82) is 0 Å². The number of pyridine rings is 1. The highest BCUT2D eigenvalue weighted by atomic mass is 16.2. The Balaban J connectivity index is 2.27. The average molecular weight is 226 g/mol. The highest BCUT2D eigenvalue weighted by Crippen LogP contribution is 2.14. The molecule has 2 aromatic rings. The Hall–Kier alpha value is -2.16. The smallest absolute Gasteiger partial charge is 0.258 e. The van der Waals surface area contributed by atoms with Crippen LogP contribution in [0.3, 0.4) is 0 Å². The highest BCUT2D eigenvalue weighted by Gasteiger charge is 2.12. The number of hydrogen-bond donors (Lipinski definition) is 0. The summed E-state index contributed by atoms with van der Waals surface area (Å²) in [7, 11) is 1.75. The summed E-state index contributed by atoms with van der Waals surface area (Å²) in [5.41, 5.74) is 2.56. The largest absolute Gasteiger partial charge is 0.310 e. The van der Waals surface area contributed by atoms with Crippen molar-refractivity contribution in [3.63, 3.8) is 0 Å². The van der Waals surface area contributed by atoms with Crippen LogP contribution in [0.2, 0.25) is 0 Å². The summed E-state index contributed by atoms with van der Waals surface area (Å²) in [6.07, 6.45) is 3.36. The van der Waals surface area contributed by atoms with Gasteiger partial charge < -0.3 is 4.90 Å². The van der Waals surface area contributed by atoms with Gasteiger partial charge in [0.1, 0.15) is 0 Å². The third kappa shape index (κ3) is 2.50. The summed E-state index contributed by atoms with van der Waals surface area (Å²) < 4.78 is 0. The van der Waals surface area contributed by atoms with E-state index in [1.54, 1.807) is 24.3 Å². The van der Waals surface area contributed by atoms with Crippen molar-refractivity contribution in [2.24, 2.45) is 0 Å². The Bertz CT molecular complexity index is 523. The predicted octanol–water partition coefficient (Wildman–Crippen LogP) is 2.67. The third-order valence-electron chi connectivity index (χ3n) is 2.60. The Kier molecular flexibility index (Phi) is 3.19. The predicted molar refractivity (Wildman–Crippen MR) is 68.1 cm³/mol. The molecule has 1 aromatic carbocycles. The zero-order valence-corrected chi connectivity index (χ0v) is 9.92. The standard InChI is InChI=1S/C14H14N2O/c1-11-5-3-6-12(9-11)14(17)16(2)13-7-4-8-15-10-13/h3-10H,1-2H3. The summed E-state index contributed by atoms with van der Waals surface area (Å²) >= 11 is 0. The topological polar surface area (TPSA) is 33.2 Å². The minimum absolute atomic E-state index is 0.0262. The lowest BCUT2D eigenvalue weighted by Gasteiger charge is -2.16. The maximum atomic E-state index is 12.2. The van der Waals surface area contributed by atoms with Gasteiger partial charge in [0.25, 0.3) is 5.91 Å². The molecule has 1 amide bonds. The van der Waals surface area contributed by atoms with Crippen LogP contribution in [0.4, 0.5) is 5.69 Å². The van der Waals surface area contributed by atoms with Crippen LogP contribution in [0, 0.1) is 6.92 Å². The van der Waals surface area contributed by atoms with Crippen molar-refractivity contribution in [1.82, 2.24) is 4.98 Å². The number of amides is 1. The summed E-state index contributed by atoms with van der Waals surface area (Å²) in [6.45, 7) is 1.97. The second-order valence-corrected chi connectivity index (χ2v) is 3.94. The maximum Gasteiger partial charge on any atom is 0.258 e. The summed E-state index contributed by atoms with van der Waals surface area (Å²) in [5.74, 6) is -0.0262. The van der Waals surface area contributed by atoms with Gasteiger partial charge in [-0.25, -0.2) is 0 Å².